The van der Waals surface area contributed by atoms with Gasteiger partial charge >= 0.3 is 5.97 Å². The summed E-state index contributed by atoms with van der Waals surface area (Å²) in [7, 11) is 0. The molecule has 200 valence electrons. The lowest BCUT2D eigenvalue weighted by Gasteiger charge is -2.39. The van der Waals surface area contributed by atoms with Crippen molar-refractivity contribution in [1.29, 1.82) is 0 Å². The van der Waals surface area contributed by atoms with Crippen LogP contribution < -0.4 is 20.7 Å². The van der Waals surface area contributed by atoms with Crippen molar-refractivity contribution >= 4 is 28.6 Å². The number of carboxylic acid groups (broad SMARTS) is 1. The van der Waals surface area contributed by atoms with Crippen LogP contribution in [-0.4, -0.2) is 51.7 Å². The molecular weight excluding hydrogens is 499 g/mol. The molecule has 2 aliphatic heterocycles. The lowest BCUT2D eigenvalue weighted by atomic mass is 9.76. The number of benzene rings is 2. The van der Waals surface area contributed by atoms with Crippen molar-refractivity contribution in [2.75, 3.05) is 30.3 Å². The Labute approximate surface area is 224 Å². The molecule has 1 spiro atoms. The fraction of sp³-hybridized carbons (Fsp3) is 0.310. The fourth-order valence-corrected chi connectivity index (χ4v) is 5.59. The molecule has 2 aromatic carbocycles. The summed E-state index contributed by atoms with van der Waals surface area (Å²) in [5.74, 6) is -0.169. The maximum absolute atomic E-state index is 15.2. The van der Waals surface area contributed by atoms with Crippen molar-refractivity contribution < 1.29 is 19.0 Å². The maximum Gasteiger partial charge on any atom is 0.320 e. The van der Waals surface area contributed by atoms with E-state index in [0.717, 1.165) is 34.9 Å². The standard InChI is InChI=1S/C29H29FN6O3/c30-26(19-5-3-18(4-6-19)20-7-8-22-21(14-20)2-1-11-32-22)39-25-15-24(34-28(31)35-25)36-12-9-29(10-13-36)16-23(27(37)38)33-17-29/h1-8,11,14-15,23,26,33H,9-10,12-13,16-17H2,(H,37,38)(H2,31,34,35)/t23?,26-/m0/s1. The fourth-order valence-electron chi connectivity index (χ4n) is 5.59. The number of pyridine rings is 1. The highest BCUT2D eigenvalue weighted by molar-refractivity contribution is 5.84. The number of nitrogens with two attached hydrogens (primary N) is 1. The average Bonchev–Trinajstić information content (AvgIpc) is 3.36. The predicted octanol–water partition coefficient (Wildman–Crippen LogP) is 4.35. The summed E-state index contributed by atoms with van der Waals surface area (Å²) in [6.07, 6.45) is 2.31. The topological polar surface area (TPSA) is 126 Å². The van der Waals surface area contributed by atoms with Crippen LogP contribution in [0.4, 0.5) is 16.2 Å². The monoisotopic (exact) mass is 528 g/mol. The summed E-state index contributed by atoms with van der Waals surface area (Å²) < 4.78 is 20.7. The minimum atomic E-state index is -1.73. The highest BCUT2D eigenvalue weighted by Crippen LogP contribution is 2.40. The van der Waals surface area contributed by atoms with E-state index in [0.29, 0.717) is 37.4 Å². The molecule has 0 amide bonds. The number of carbonyl (C=O) groups is 1. The number of ether oxygens (including phenoxy) is 1. The Bertz CT molecular complexity index is 1510. The number of fused-ring (bicyclic) bond motifs is 1. The summed E-state index contributed by atoms with van der Waals surface area (Å²) in [4.78, 5) is 26.2. The maximum atomic E-state index is 15.2. The van der Waals surface area contributed by atoms with E-state index < -0.39 is 18.4 Å². The number of alkyl halides is 1. The first-order valence-corrected chi connectivity index (χ1v) is 13.0. The number of hydrogen-bond donors (Lipinski definition) is 3. The van der Waals surface area contributed by atoms with Crippen LogP contribution in [0, 0.1) is 5.41 Å². The van der Waals surface area contributed by atoms with Crippen LogP contribution in [0.25, 0.3) is 22.0 Å². The lowest BCUT2D eigenvalue weighted by Crippen LogP contribution is -2.41. The Morgan fingerprint density at radius 3 is 2.62 bits per heavy atom. The van der Waals surface area contributed by atoms with E-state index >= 15 is 4.39 Å². The molecule has 2 saturated heterocycles. The third kappa shape index (κ3) is 5.20. The molecular formula is C29H29FN6O3. The van der Waals surface area contributed by atoms with Crippen molar-refractivity contribution in [3.05, 3.63) is 72.4 Å². The Morgan fingerprint density at radius 1 is 1.10 bits per heavy atom. The van der Waals surface area contributed by atoms with E-state index in [1.54, 1.807) is 24.4 Å². The van der Waals surface area contributed by atoms with Crippen LogP contribution in [0.2, 0.25) is 0 Å². The molecule has 0 saturated carbocycles. The van der Waals surface area contributed by atoms with Gasteiger partial charge in [0, 0.05) is 42.8 Å². The number of nitrogens with zero attached hydrogens (tertiary/aromatic N) is 4. The van der Waals surface area contributed by atoms with E-state index in [2.05, 4.69) is 31.2 Å². The number of halogens is 1. The first-order valence-electron chi connectivity index (χ1n) is 13.0. The van der Waals surface area contributed by atoms with Crippen molar-refractivity contribution in [2.45, 2.75) is 31.7 Å². The molecule has 10 heteroatoms. The molecule has 4 heterocycles. The molecule has 39 heavy (non-hydrogen) atoms. The highest BCUT2D eigenvalue weighted by atomic mass is 19.1. The van der Waals surface area contributed by atoms with E-state index in [9.17, 15) is 9.90 Å². The zero-order chi connectivity index (χ0) is 27.0. The molecule has 2 atom stereocenters. The third-order valence-corrected chi connectivity index (χ3v) is 7.85. The minimum absolute atomic E-state index is 0.00426. The van der Waals surface area contributed by atoms with Gasteiger partial charge in [0.1, 0.15) is 11.9 Å². The number of anilines is 2. The summed E-state index contributed by atoms with van der Waals surface area (Å²) in [5, 5.41) is 13.5. The van der Waals surface area contributed by atoms with E-state index in [4.69, 9.17) is 10.5 Å². The average molecular weight is 529 g/mol. The van der Waals surface area contributed by atoms with E-state index in [1.165, 1.54) is 0 Å². The van der Waals surface area contributed by atoms with Gasteiger partial charge in [-0.1, -0.05) is 36.4 Å². The first kappa shape index (κ1) is 25.0. The van der Waals surface area contributed by atoms with Gasteiger partial charge in [0.25, 0.3) is 6.36 Å². The lowest BCUT2D eigenvalue weighted by molar-refractivity contribution is -0.139. The summed E-state index contributed by atoms with van der Waals surface area (Å²) in [6, 6.07) is 18.2. The van der Waals surface area contributed by atoms with E-state index in [1.807, 2.05) is 36.4 Å². The van der Waals surface area contributed by atoms with Crippen molar-refractivity contribution in [3.63, 3.8) is 0 Å². The van der Waals surface area contributed by atoms with Gasteiger partial charge in [-0.3, -0.25) is 9.78 Å². The summed E-state index contributed by atoms with van der Waals surface area (Å²) in [5.41, 5.74) is 9.17. The summed E-state index contributed by atoms with van der Waals surface area (Å²) in [6.45, 7) is 2.07. The van der Waals surface area contributed by atoms with Crippen molar-refractivity contribution in [3.8, 4) is 17.0 Å². The normalized spacial score (nSPS) is 19.3. The van der Waals surface area contributed by atoms with Crippen LogP contribution >= 0.6 is 0 Å². The zero-order valence-corrected chi connectivity index (χ0v) is 21.3. The number of nitrogens with one attached hydrogen (secondary N) is 1. The minimum Gasteiger partial charge on any atom is -0.480 e. The number of aliphatic carboxylic acids is 1. The quantitative estimate of drug-likeness (QED) is 0.335. The Morgan fingerprint density at radius 2 is 1.87 bits per heavy atom. The molecule has 0 bridgehead atoms. The molecule has 4 aromatic rings. The van der Waals surface area contributed by atoms with Crippen LogP contribution in [0.5, 0.6) is 5.88 Å². The van der Waals surface area contributed by atoms with Gasteiger partial charge in [-0.15, -0.1) is 0 Å². The first-order chi connectivity index (χ1) is 18.9. The Balaban J connectivity index is 1.12. The number of nitrogen functional groups attached to an aromatic ring is 1. The SMILES string of the molecule is Nc1nc(O[C@H](F)c2ccc(-c3ccc4ncccc4c3)cc2)cc(N2CCC3(CC2)CNC(C(=O)O)C3)n1. The van der Waals surface area contributed by atoms with Gasteiger partial charge in [0.2, 0.25) is 11.8 Å². The number of piperidine rings is 1. The number of aromatic nitrogens is 3. The molecule has 2 fully saturated rings. The molecule has 0 aliphatic carbocycles. The van der Waals surface area contributed by atoms with Gasteiger partial charge in [0.05, 0.1) is 5.52 Å². The third-order valence-electron chi connectivity index (χ3n) is 7.85. The van der Waals surface area contributed by atoms with Crippen LogP contribution in [0.3, 0.4) is 0 Å². The number of rotatable bonds is 6. The largest absolute Gasteiger partial charge is 0.480 e. The van der Waals surface area contributed by atoms with Crippen molar-refractivity contribution in [2.24, 2.45) is 5.41 Å². The van der Waals surface area contributed by atoms with E-state index in [-0.39, 0.29) is 17.2 Å². The molecule has 2 aliphatic rings. The predicted molar refractivity (Wildman–Crippen MR) is 146 cm³/mol. The molecule has 0 radical (unpaired) electrons. The van der Waals surface area contributed by atoms with Gasteiger partial charge in [0.15, 0.2) is 0 Å². The van der Waals surface area contributed by atoms with Gasteiger partial charge in [-0.2, -0.15) is 14.4 Å². The highest BCUT2D eigenvalue weighted by Gasteiger charge is 2.43. The second kappa shape index (κ2) is 10.1. The molecule has 1 unspecified atom stereocenters. The second-order valence-electron chi connectivity index (χ2n) is 10.4. The van der Waals surface area contributed by atoms with Crippen LogP contribution in [-0.2, 0) is 4.79 Å². The molecule has 6 rings (SSSR count). The molecule has 4 N–H and O–H groups in total. The van der Waals surface area contributed by atoms with Crippen molar-refractivity contribution in [1.82, 2.24) is 20.3 Å². The summed E-state index contributed by atoms with van der Waals surface area (Å²) >= 11 is 0. The Kier molecular flexibility index (Phi) is 6.48. The molecule has 2 aromatic heterocycles. The zero-order valence-electron chi connectivity index (χ0n) is 21.3. The second-order valence-corrected chi connectivity index (χ2v) is 10.4. The van der Waals surface area contributed by atoms with Gasteiger partial charge < -0.3 is 25.8 Å². The van der Waals surface area contributed by atoms with Gasteiger partial charge in [-0.25, -0.2) is 0 Å². The van der Waals surface area contributed by atoms with Crippen LogP contribution in [0.1, 0.15) is 31.2 Å². The Hall–Kier alpha value is -4.31. The number of hydrogen-bond acceptors (Lipinski definition) is 8. The smallest absolute Gasteiger partial charge is 0.320 e. The van der Waals surface area contributed by atoms with Gasteiger partial charge in [-0.05, 0) is 54.0 Å². The molecule has 9 nitrogen and oxygen atoms in total. The van der Waals surface area contributed by atoms with Crippen LogP contribution in [0.15, 0.2) is 66.9 Å². The number of carboxylic acids is 1.